The summed E-state index contributed by atoms with van der Waals surface area (Å²) in [7, 11) is 0. The predicted octanol–water partition coefficient (Wildman–Crippen LogP) is 3.96. The zero-order valence-corrected chi connectivity index (χ0v) is 13.2. The lowest BCUT2D eigenvalue weighted by Crippen LogP contribution is -2.34. The van der Waals surface area contributed by atoms with E-state index in [1.807, 2.05) is 0 Å². The number of nitrogens with one attached hydrogen (secondary N) is 2. The highest BCUT2D eigenvalue weighted by atomic mass is 35.5. The number of carbonyl (C=O) groups is 1. The average molecular weight is 359 g/mol. The van der Waals surface area contributed by atoms with Gasteiger partial charge in [0.1, 0.15) is 5.82 Å². The summed E-state index contributed by atoms with van der Waals surface area (Å²) in [5, 5.41) is 15.1. The zero-order chi connectivity index (χ0) is 16.3. The highest BCUT2D eigenvalue weighted by Gasteiger charge is 2.12. The molecule has 2 aromatic carbocycles. The average Bonchev–Trinajstić information content (AvgIpc) is 2.44. The molecule has 0 aliphatic carbocycles. The molecular formula is C14H9Cl2FN2O2S. The van der Waals surface area contributed by atoms with Gasteiger partial charge in [-0.1, -0.05) is 23.2 Å². The maximum atomic E-state index is 12.8. The van der Waals surface area contributed by atoms with Crippen molar-refractivity contribution in [2.75, 3.05) is 5.32 Å². The number of rotatable bonds is 2. The number of phenols is 1. The summed E-state index contributed by atoms with van der Waals surface area (Å²) < 4.78 is 12.8. The van der Waals surface area contributed by atoms with Crippen molar-refractivity contribution in [1.82, 2.24) is 5.32 Å². The molecule has 22 heavy (non-hydrogen) atoms. The second-order valence-corrected chi connectivity index (χ2v) is 5.45. The van der Waals surface area contributed by atoms with Crippen molar-refractivity contribution in [3.63, 3.8) is 0 Å². The minimum Gasteiger partial charge on any atom is -0.504 e. The van der Waals surface area contributed by atoms with Crippen LogP contribution in [0.15, 0.2) is 36.4 Å². The SMILES string of the molecule is O=C(NC(=S)Nc1cc(Cl)cc(Cl)c1O)c1ccc(F)cc1. The molecule has 114 valence electrons. The van der Waals surface area contributed by atoms with Crippen molar-refractivity contribution in [3.05, 3.63) is 57.8 Å². The molecule has 0 saturated heterocycles. The van der Waals surface area contributed by atoms with Crippen LogP contribution in [0.3, 0.4) is 0 Å². The fraction of sp³-hybridized carbons (Fsp3) is 0. The summed E-state index contributed by atoms with van der Waals surface area (Å²) in [5.74, 6) is -1.22. The molecule has 2 rings (SSSR count). The zero-order valence-electron chi connectivity index (χ0n) is 10.9. The molecule has 0 spiro atoms. The van der Waals surface area contributed by atoms with E-state index in [4.69, 9.17) is 35.4 Å². The molecule has 0 atom stereocenters. The van der Waals surface area contributed by atoms with Gasteiger partial charge >= 0.3 is 0 Å². The van der Waals surface area contributed by atoms with E-state index >= 15 is 0 Å². The van der Waals surface area contributed by atoms with Gasteiger partial charge in [-0.05, 0) is 48.6 Å². The lowest BCUT2D eigenvalue weighted by atomic mass is 10.2. The van der Waals surface area contributed by atoms with E-state index in [-0.39, 0.29) is 32.2 Å². The molecule has 0 fully saturated rings. The van der Waals surface area contributed by atoms with Crippen LogP contribution in [0.1, 0.15) is 10.4 Å². The van der Waals surface area contributed by atoms with Crippen LogP contribution < -0.4 is 10.6 Å². The van der Waals surface area contributed by atoms with Crippen molar-refractivity contribution < 1.29 is 14.3 Å². The van der Waals surface area contributed by atoms with E-state index in [0.29, 0.717) is 0 Å². The first kappa shape index (κ1) is 16.5. The van der Waals surface area contributed by atoms with Crippen LogP contribution in [-0.2, 0) is 0 Å². The van der Waals surface area contributed by atoms with Gasteiger partial charge in [-0.15, -0.1) is 0 Å². The standard InChI is InChI=1S/C14H9Cl2FN2O2S/c15-8-5-10(16)12(20)11(6-8)18-14(22)19-13(21)7-1-3-9(17)4-2-7/h1-6,20H,(H2,18,19,21,22). The van der Waals surface area contributed by atoms with Gasteiger partial charge in [0.25, 0.3) is 5.91 Å². The number of hydrogen-bond acceptors (Lipinski definition) is 3. The normalized spacial score (nSPS) is 10.1. The Morgan fingerprint density at radius 3 is 2.45 bits per heavy atom. The Labute approximate surface area is 140 Å². The number of amides is 1. The van der Waals surface area contributed by atoms with E-state index in [1.165, 1.54) is 24.3 Å². The first-order valence-electron chi connectivity index (χ1n) is 5.92. The molecule has 0 aromatic heterocycles. The smallest absolute Gasteiger partial charge is 0.257 e. The minimum absolute atomic E-state index is 0.0441. The van der Waals surface area contributed by atoms with E-state index < -0.39 is 11.7 Å². The lowest BCUT2D eigenvalue weighted by Gasteiger charge is -2.12. The van der Waals surface area contributed by atoms with E-state index in [1.54, 1.807) is 0 Å². The Morgan fingerprint density at radius 1 is 1.18 bits per heavy atom. The van der Waals surface area contributed by atoms with Gasteiger partial charge in [0, 0.05) is 10.6 Å². The number of benzene rings is 2. The van der Waals surface area contributed by atoms with E-state index in [9.17, 15) is 14.3 Å². The van der Waals surface area contributed by atoms with Crippen LogP contribution >= 0.6 is 35.4 Å². The third kappa shape index (κ3) is 4.07. The monoisotopic (exact) mass is 358 g/mol. The van der Waals surface area contributed by atoms with Gasteiger partial charge in [-0.25, -0.2) is 4.39 Å². The second-order valence-electron chi connectivity index (χ2n) is 4.20. The van der Waals surface area contributed by atoms with Crippen LogP contribution in [-0.4, -0.2) is 16.1 Å². The van der Waals surface area contributed by atoms with Crippen LogP contribution in [0.25, 0.3) is 0 Å². The number of thiocarbonyl (C=S) groups is 1. The third-order valence-electron chi connectivity index (χ3n) is 2.61. The summed E-state index contributed by atoms with van der Waals surface area (Å²) in [6, 6.07) is 7.73. The molecule has 0 radical (unpaired) electrons. The highest BCUT2D eigenvalue weighted by Crippen LogP contribution is 2.34. The predicted molar refractivity (Wildman–Crippen MR) is 88.2 cm³/mol. The Balaban J connectivity index is 2.07. The quantitative estimate of drug-likeness (QED) is 0.561. The van der Waals surface area contributed by atoms with Crippen LogP contribution in [0.4, 0.5) is 10.1 Å². The largest absolute Gasteiger partial charge is 0.504 e. The van der Waals surface area contributed by atoms with Gasteiger partial charge in [-0.2, -0.15) is 0 Å². The van der Waals surface area contributed by atoms with E-state index in [2.05, 4.69) is 10.6 Å². The molecule has 0 unspecified atom stereocenters. The van der Waals surface area contributed by atoms with Crippen LogP contribution in [0.2, 0.25) is 10.0 Å². The molecule has 4 nitrogen and oxygen atoms in total. The second kappa shape index (κ2) is 6.91. The topological polar surface area (TPSA) is 61.4 Å². The van der Waals surface area contributed by atoms with Crippen molar-refractivity contribution in [2.45, 2.75) is 0 Å². The summed E-state index contributed by atoms with van der Waals surface area (Å²) in [6.45, 7) is 0. The van der Waals surface area contributed by atoms with Gasteiger partial charge in [0.15, 0.2) is 10.9 Å². The number of aromatic hydroxyl groups is 1. The number of hydrogen-bond donors (Lipinski definition) is 3. The van der Waals surface area contributed by atoms with Gasteiger partial charge in [-0.3, -0.25) is 10.1 Å². The van der Waals surface area contributed by atoms with Gasteiger partial charge in [0.2, 0.25) is 0 Å². The summed E-state index contributed by atoms with van der Waals surface area (Å²) >= 11 is 16.6. The Bertz CT molecular complexity index is 738. The number of anilines is 1. The number of halogens is 3. The molecule has 0 heterocycles. The van der Waals surface area contributed by atoms with Crippen LogP contribution in [0.5, 0.6) is 5.75 Å². The Hall–Kier alpha value is -1.89. The molecule has 0 aliphatic heterocycles. The Morgan fingerprint density at radius 2 is 1.82 bits per heavy atom. The first-order valence-corrected chi connectivity index (χ1v) is 7.09. The fourth-order valence-electron chi connectivity index (χ4n) is 1.59. The molecule has 1 amide bonds. The first-order chi connectivity index (χ1) is 10.4. The molecule has 0 bridgehead atoms. The minimum atomic E-state index is -0.523. The van der Waals surface area contributed by atoms with Gasteiger partial charge in [0.05, 0.1) is 10.7 Å². The third-order valence-corrected chi connectivity index (χ3v) is 3.32. The van der Waals surface area contributed by atoms with Crippen molar-refractivity contribution in [2.24, 2.45) is 0 Å². The van der Waals surface area contributed by atoms with E-state index in [0.717, 1.165) is 12.1 Å². The van der Waals surface area contributed by atoms with Crippen molar-refractivity contribution in [3.8, 4) is 5.75 Å². The Kier molecular flexibility index (Phi) is 5.18. The van der Waals surface area contributed by atoms with Gasteiger partial charge < -0.3 is 10.4 Å². The highest BCUT2D eigenvalue weighted by molar-refractivity contribution is 7.80. The fourth-order valence-corrected chi connectivity index (χ4v) is 2.29. The summed E-state index contributed by atoms with van der Waals surface area (Å²) in [4.78, 5) is 11.9. The molecule has 8 heteroatoms. The summed E-state index contributed by atoms with van der Waals surface area (Å²) in [5.41, 5.74) is 0.390. The molecule has 2 aromatic rings. The summed E-state index contributed by atoms with van der Waals surface area (Å²) in [6.07, 6.45) is 0. The van der Waals surface area contributed by atoms with Crippen molar-refractivity contribution >= 4 is 52.1 Å². The molecular weight excluding hydrogens is 350 g/mol. The molecule has 0 aliphatic rings. The molecule has 0 saturated carbocycles. The lowest BCUT2D eigenvalue weighted by molar-refractivity contribution is 0.0977. The number of phenolic OH excluding ortho intramolecular Hbond substituents is 1. The maximum Gasteiger partial charge on any atom is 0.257 e. The molecule has 3 N–H and O–H groups in total. The number of carbonyl (C=O) groups excluding carboxylic acids is 1. The van der Waals surface area contributed by atoms with Crippen molar-refractivity contribution in [1.29, 1.82) is 0 Å². The van der Waals surface area contributed by atoms with Crippen LogP contribution in [0, 0.1) is 5.82 Å². The maximum absolute atomic E-state index is 12.8.